The molecule has 2 aliphatic rings. The SMILES string of the molecule is Cl.O=C(NCCc1nc(CC2CC2)no1)C1CCCN1. The van der Waals surface area contributed by atoms with Gasteiger partial charge in [0.1, 0.15) is 0 Å². The summed E-state index contributed by atoms with van der Waals surface area (Å²) in [5.41, 5.74) is 0. The standard InChI is InChI=1S/C13H20N4O2.ClH/c18-13(10-2-1-6-14-10)15-7-5-12-16-11(17-19-12)8-9-3-4-9;/h9-10,14H,1-8H2,(H,15,18);1H. The van der Waals surface area contributed by atoms with Crippen LogP contribution in [0, 0.1) is 5.92 Å². The summed E-state index contributed by atoms with van der Waals surface area (Å²) in [4.78, 5) is 16.1. The van der Waals surface area contributed by atoms with Crippen LogP contribution in [0.1, 0.15) is 37.4 Å². The van der Waals surface area contributed by atoms with E-state index in [1.54, 1.807) is 0 Å². The van der Waals surface area contributed by atoms with Crippen LogP contribution in [-0.4, -0.2) is 35.2 Å². The lowest BCUT2D eigenvalue weighted by Crippen LogP contribution is -2.41. The number of aromatic nitrogens is 2. The van der Waals surface area contributed by atoms with Crippen molar-refractivity contribution >= 4 is 18.3 Å². The van der Waals surface area contributed by atoms with Crippen LogP contribution in [0.25, 0.3) is 0 Å². The molecule has 1 amide bonds. The van der Waals surface area contributed by atoms with Gasteiger partial charge in [-0.05, 0) is 38.1 Å². The van der Waals surface area contributed by atoms with Gasteiger partial charge in [0.15, 0.2) is 5.82 Å². The number of rotatable bonds is 6. The minimum Gasteiger partial charge on any atom is -0.354 e. The van der Waals surface area contributed by atoms with Crippen LogP contribution in [0.3, 0.4) is 0 Å². The van der Waals surface area contributed by atoms with Crippen LogP contribution >= 0.6 is 12.4 Å². The third-order valence-electron chi connectivity index (χ3n) is 3.69. The molecule has 0 spiro atoms. The van der Waals surface area contributed by atoms with Gasteiger partial charge in [-0.2, -0.15) is 4.98 Å². The molecule has 7 heteroatoms. The van der Waals surface area contributed by atoms with Gasteiger partial charge in [-0.1, -0.05) is 5.16 Å². The van der Waals surface area contributed by atoms with Crippen molar-refractivity contribution in [3.05, 3.63) is 11.7 Å². The van der Waals surface area contributed by atoms with Gasteiger partial charge in [0.25, 0.3) is 0 Å². The summed E-state index contributed by atoms with van der Waals surface area (Å²) in [6.45, 7) is 1.49. The highest BCUT2D eigenvalue weighted by Crippen LogP contribution is 2.31. The van der Waals surface area contributed by atoms with E-state index in [-0.39, 0.29) is 24.4 Å². The number of hydrogen-bond acceptors (Lipinski definition) is 5. The summed E-state index contributed by atoms with van der Waals surface area (Å²) >= 11 is 0. The largest absolute Gasteiger partial charge is 0.354 e. The smallest absolute Gasteiger partial charge is 0.237 e. The molecule has 2 fully saturated rings. The first kappa shape index (κ1) is 15.3. The van der Waals surface area contributed by atoms with Crippen LogP contribution in [0.5, 0.6) is 0 Å². The number of nitrogens with one attached hydrogen (secondary N) is 2. The average molecular weight is 301 g/mol. The fraction of sp³-hybridized carbons (Fsp3) is 0.769. The predicted octanol–water partition coefficient (Wildman–Crippen LogP) is 0.855. The molecule has 0 radical (unpaired) electrons. The Morgan fingerprint density at radius 1 is 1.40 bits per heavy atom. The lowest BCUT2D eigenvalue weighted by atomic mass is 10.2. The van der Waals surface area contributed by atoms with Crippen LogP contribution in [0.15, 0.2) is 4.52 Å². The second kappa shape index (κ2) is 7.04. The third kappa shape index (κ3) is 4.18. The van der Waals surface area contributed by atoms with E-state index in [2.05, 4.69) is 20.8 Å². The van der Waals surface area contributed by atoms with Gasteiger partial charge in [-0.25, -0.2) is 0 Å². The van der Waals surface area contributed by atoms with Crippen LogP contribution in [0.4, 0.5) is 0 Å². The molecule has 20 heavy (non-hydrogen) atoms. The normalized spacial score (nSPS) is 21.5. The van der Waals surface area contributed by atoms with E-state index in [1.807, 2.05) is 0 Å². The Morgan fingerprint density at radius 3 is 2.95 bits per heavy atom. The molecule has 1 unspecified atom stereocenters. The summed E-state index contributed by atoms with van der Waals surface area (Å²) in [6.07, 6.45) is 6.12. The zero-order valence-corrected chi connectivity index (χ0v) is 12.2. The quantitative estimate of drug-likeness (QED) is 0.814. The van der Waals surface area contributed by atoms with E-state index in [0.717, 1.165) is 37.5 Å². The molecule has 2 heterocycles. The van der Waals surface area contributed by atoms with Gasteiger partial charge in [-0.3, -0.25) is 4.79 Å². The molecule has 1 aliphatic heterocycles. The van der Waals surface area contributed by atoms with Crippen molar-refractivity contribution in [2.24, 2.45) is 5.92 Å². The molecule has 0 bridgehead atoms. The van der Waals surface area contributed by atoms with Crippen molar-refractivity contribution in [3.63, 3.8) is 0 Å². The minimum absolute atomic E-state index is 0. The number of nitrogens with zero attached hydrogens (tertiary/aromatic N) is 2. The molecule has 0 aromatic carbocycles. The van der Waals surface area contributed by atoms with Gasteiger partial charge in [0, 0.05) is 19.4 Å². The highest BCUT2D eigenvalue weighted by atomic mass is 35.5. The Kier molecular flexibility index (Phi) is 5.37. The zero-order chi connectivity index (χ0) is 13.1. The Balaban J connectivity index is 0.00000147. The van der Waals surface area contributed by atoms with E-state index in [4.69, 9.17) is 4.52 Å². The summed E-state index contributed by atoms with van der Waals surface area (Å²) in [5.74, 6) is 2.27. The summed E-state index contributed by atoms with van der Waals surface area (Å²) in [7, 11) is 0. The molecule has 112 valence electrons. The maximum atomic E-state index is 11.8. The van der Waals surface area contributed by atoms with Crippen molar-refractivity contribution < 1.29 is 9.32 Å². The number of halogens is 1. The van der Waals surface area contributed by atoms with Crippen LogP contribution in [-0.2, 0) is 17.6 Å². The molecule has 1 saturated carbocycles. The molecule has 3 rings (SSSR count). The van der Waals surface area contributed by atoms with E-state index >= 15 is 0 Å². The van der Waals surface area contributed by atoms with Crippen LogP contribution < -0.4 is 10.6 Å². The molecule has 2 N–H and O–H groups in total. The molecule has 1 saturated heterocycles. The molecule has 1 aromatic heterocycles. The van der Waals surface area contributed by atoms with E-state index in [1.165, 1.54) is 12.8 Å². The fourth-order valence-corrected chi connectivity index (χ4v) is 2.38. The second-order valence-electron chi connectivity index (χ2n) is 5.44. The third-order valence-corrected chi connectivity index (χ3v) is 3.69. The van der Waals surface area contributed by atoms with Crippen molar-refractivity contribution in [1.82, 2.24) is 20.8 Å². The molecule has 6 nitrogen and oxygen atoms in total. The van der Waals surface area contributed by atoms with E-state index < -0.39 is 0 Å². The first-order valence-corrected chi connectivity index (χ1v) is 7.14. The molecular weight excluding hydrogens is 280 g/mol. The zero-order valence-electron chi connectivity index (χ0n) is 11.4. The number of carbonyl (C=O) groups excluding carboxylic acids is 1. The summed E-state index contributed by atoms with van der Waals surface area (Å²) < 4.78 is 5.17. The van der Waals surface area contributed by atoms with Gasteiger partial charge in [-0.15, -0.1) is 12.4 Å². The molecule has 1 atom stereocenters. The Morgan fingerprint density at radius 2 is 2.25 bits per heavy atom. The Hall–Kier alpha value is -1.14. The lowest BCUT2D eigenvalue weighted by molar-refractivity contribution is -0.122. The molecule has 1 aliphatic carbocycles. The number of carbonyl (C=O) groups is 1. The highest BCUT2D eigenvalue weighted by Gasteiger charge is 2.24. The van der Waals surface area contributed by atoms with Crippen molar-refractivity contribution in [3.8, 4) is 0 Å². The maximum absolute atomic E-state index is 11.8. The average Bonchev–Trinajstić information content (AvgIpc) is 2.91. The van der Waals surface area contributed by atoms with Gasteiger partial charge in [0.2, 0.25) is 11.8 Å². The van der Waals surface area contributed by atoms with Crippen LogP contribution in [0.2, 0.25) is 0 Å². The highest BCUT2D eigenvalue weighted by molar-refractivity contribution is 5.85. The number of hydrogen-bond donors (Lipinski definition) is 2. The van der Waals surface area contributed by atoms with E-state index in [0.29, 0.717) is 18.9 Å². The molecule has 1 aromatic rings. The predicted molar refractivity (Wildman–Crippen MR) is 75.7 cm³/mol. The van der Waals surface area contributed by atoms with Crippen molar-refractivity contribution in [2.45, 2.75) is 44.6 Å². The minimum atomic E-state index is -0.0203. The second-order valence-corrected chi connectivity index (χ2v) is 5.44. The number of amides is 1. The summed E-state index contributed by atoms with van der Waals surface area (Å²) in [6, 6.07) is -0.0203. The monoisotopic (exact) mass is 300 g/mol. The maximum Gasteiger partial charge on any atom is 0.237 e. The first-order chi connectivity index (χ1) is 9.31. The van der Waals surface area contributed by atoms with E-state index in [9.17, 15) is 4.79 Å². The Bertz CT molecular complexity index is 441. The van der Waals surface area contributed by atoms with Crippen molar-refractivity contribution in [1.29, 1.82) is 0 Å². The first-order valence-electron chi connectivity index (χ1n) is 7.14. The topological polar surface area (TPSA) is 80.1 Å². The Labute approximate surface area is 124 Å². The fourth-order valence-electron chi connectivity index (χ4n) is 2.38. The van der Waals surface area contributed by atoms with Gasteiger partial charge < -0.3 is 15.2 Å². The van der Waals surface area contributed by atoms with Gasteiger partial charge >= 0.3 is 0 Å². The van der Waals surface area contributed by atoms with Gasteiger partial charge in [0.05, 0.1) is 6.04 Å². The van der Waals surface area contributed by atoms with Crippen molar-refractivity contribution in [2.75, 3.05) is 13.1 Å². The lowest BCUT2D eigenvalue weighted by Gasteiger charge is -2.09. The summed E-state index contributed by atoms with van der Waals surface area (Å²) in [5, 5.41) is 10.0. The molecular formula is C13H21ClN4O2.